The van der Waals surface area contributed by atoms with Gasteiger partial charge in [-0.2, -0.15) is 0 Å². The van der Waals surface area contributed by atoms with Gasteiger partial charge in [0.05, 0.1) is 5.56 Å². The minimum Gasteiger partial charge on any atom is -0.399 e. The lowest BCUT2D eigenvalue weighted by Crippen LogP contribution is -2.53. The number of benzene rings is 1. The quantitative estimate of drug-likeness (QED) is 0.591. The van der Waals surface area contributed by atoms with Gasteiger partial charge in [-0.15, -0.1) is 0 Å². The highest BCUT2D eigenvalue weighted by atomic mass is 19.1. The van der Waals surface area contributed by atoms with Crippen LogP contribution in [-0.4, -0.2) is 60.2 Å². The SMILES string of the molecule is CN1CCCCC(C(=O)N2CCCC[C@@H]2CNC(=O)c2ccc(N)cc2F)C1=O. The first kappa shape index (κ1) is 21.1. The van der Waals surface area contributed by atoms with Crippen LogP contribution in [-0.2, 0) is 9.59 Å². The van der Waals surface area contributed by atoms with Gasteiger partial charge < -0.3 is 20.9 Å². The monoisotopic (exact) mass is 404 g/mol. The minimum atomic E-state index is -0.675. The Hall–Kier alpha value is -2.64. The van der Waals surface area contributed by atoms with E-state index in [1.807, 2.05) is 0 Å². The van der Waals surface area contributed by atoms with Crippen molar-refractivity contribution in [3.8, 4) is 0 Å². The highest BCUT2D eigenvalue weighted by Crippen LogP contribution is 2.24. The van der Waals surface area contributed by atoms with Gasteiger partial charge >= 0.3 is 0 Å². The molecule has 1 aromatic rings. The van der Waals surface area contributed by atoms with Gasteiger partial charge in [0.1, 0.15) is 11.7 Å². The molecule has 3 rings (SSSR count). The van der Waals surface area contributed by atoms with Gasteiger partial charge in [-0.3, -0.25) is 14.4 Å². The number of carbonyl (C=O) groups excluding carboxylic acids is 3. The summed E-state index contributed by atoms with van der Waals surface area (Å²) in [6, 6.07) is 3.74. The van der Waals surface area contributed by atoms with Crippen LogP contribution in [0.4, 0.5) is 10.1 Å². The van der Waals surface area contributed by atoms with Crippen LogP contribution in [0.5, 0.6) is 0 Å². The van der Waals surface area contributed by atoms with E-state index in [-0.39, 0.29) is 35.7 Å². The van der Waals surface area contributed by atoms with Crippen LogP contribution < -0.4 is 11.1 Å². The summed E-state index contributed by atoms with van der Waals surface area (Å²) >= 11 is 0. The van der Waals surface area contributed by atoms with Gasteiger partial charge in [0.25, 0.3) is 5.91 Å². The average molecular weight is 404 g/mol. The third kappa shape index (κ3) is 4.86. The maximum Gasteiger partial charge on any atom is 0.254 e. The predicted octanol–water partition coefficient (Wildman–Crippen LogP) is 1.78. The van der Waals surface area contributed by atoms with Gasteiger partial charge in [-0.1, -0.05) is 6.42 Å². The zero-order valence-electron chi connectivity index (χ0n) is 16.8. The van der Waals surface area contributed by atoms with Crippen molar-refractivity contribution >= 4 is 23.4 Å². The number of likely N-dealkylation sites (tertiary alicyclic amines) is 2. The number of halogens is 1. The van der Waals surface area contributed by atoms with Gasteiger partial charge in [0, 0.05) is 38.4 Å². The lowest BCUT2D eigenvalue weighted by molar-refractivity contribution is -0.148. The third-order valence-electron chi connectivity index (χ3n) is 5.85. The maximum atomic E-state index is 14.0. The lowest BCUT2D eigenvalue weighted by atomic mass is 9.95. The highest BCUT2D eigenvalue weighted by molar-refractivity contribution is 6.00. The smallest absolute Gasteiger partial charge is 0.254 e. The Morgan fingerprint density at radius 3 is 2.66 bits per heavy atom. The zero-order chi connectivity index (χ0) is 21.0. The van der Waals surface area contributed by atoms with Crippen LogP contribution >= 0.6 is 0 Å². The molecule has 3 amide bonds. The van der Waals surface area contributed by atoms with E-state index in [4.69, 9.17) is 5.73 Å². The summed E-state index contributed by atoms with van der Waals surface area (Å²) in [5.74, 6) is -2.13. The molecule has 0 spiro atoms. The van der Waals surface area contributed by atoms with E-state index >= 15 is 0 Å². The summed E-state index contributed by atoms with van der Waals surface area (Å²) in [6.07, 6.45) is 4.87. The van der Waals surface area contributed by atoms with Crippen molar-refractivity contribution in [2.24, 2.45) is 5.92 Å². The molecule has 2 fully saturated rings. The van der Waals surface area contributed by atoms with E-state index in [2.05, 4.69) is 5.32 Å². The summed E-state index contributed by atoms with van der Waals surface area (Å²) < 4.78 is 14.0. The van der Waals surface area contributed by atoms with E-state index in [0.29, 0.717) is 19.5 Å². The first-order valence-electron chi connectivity index (χ1n) is 10.3. The zero-order valence-corrected chi connectivity index (χ0v) is 16.8. The Balaban J connectivity index is 1.66. The van der Waals surface area contributed by atoms with Crippen molar-refractivity contribution in [2.75, 3.05) is 32.4 Å². The summed E-state index contributed by atoms with van der Waals surface area (Å²) in [6.45, 7) is 1.48. The van der Waals surface area contributed by atoms with E-state index in [9.17, 15) is 18.8 Å². The second-order valence-electron chi connectivity index (χ2n) is 7.94. The molecular weight excluding hydrogens is 375 g/mol. The number of nitrogens with zero attached hydrogens (tertiary/aromatic N) is 2. The fourth-order valence-electron chi connectivity index (χ4n) is 4.15. The van der Waals surface area contributed by atoms with E-state index in [1.165, 1.54) is 12.1 Å². The molecule has 0 radical (unpaired) electrons. The second kappa shape index (κ2) is 9.24. The third-order valence-corrected chi connectivity index (χ3v) is 5.85. The van der Waals surface area contributed by atoms with Crippen molar-refractivity contribution in [3.63, 3.8) is 0 Å². The lowest BCUT2D eigenvalue weighted by Gasteiger charge is -2.38. The fraction of sp³-hybridized carbons (Fsp3) is 0.571. The molecular formula is C21H29FN4O3. The first-order valence-corrected chi connectivity index (χ1v) is 10.3. The predicted molar refractivity (Wildman–Crippen MR) is 107 cm³/mol. The molecule has 158 valence electrons. The number of amides is 3. The number of hydrogen-bond acceptors (Lipinski definition) is 4. The maximum absolute atomic E-state index is 14.0. The molecule has 29 heavy (non-hydrogen) atoms. The molecule has 1 unspecified atom stereocenters. The number of rotatable bonds is 4. The molecule has 2 atom stereocenters. The molecule has 3 N–H and O–H groups in total. The van der Waals surface area contributed by atoms with Crippen LogP contribution in [0.25, 0.3) is 0 Å². The molecule has 0 aromatic heterocycles. The number of carbonyl (C=O) groups is 3. The number of nitrogens with one attached hydrogen (secondary N) is 1. The van der Waals surface area contributed by atoms with Crippen molar-refractivity contribution in [3.05, 3.63) is 29.6 Å². The van der Waals surface area contributed by atoms with Crippen LogP contribution in [0.2, 0.25) is 0 Å². The van der Waals surface area contributed by atoms with Crippen LogP contribution in [0, 0.1) is 11.7 Å². The summed E-state index contributed by atoms with van der Waals surface area (Å²) in [5, 5.41) is 2.74. The molecule has 2 aliphatic rings. The van der Waals surface area contributed by atoms with E-state index < -0.39 is 17.6 Å². The Morgan fingerprint density at radius 1 is 1.17 bits per heavy atom. The highest BCUT2D eigenvalue weighted by Gasteiger charge is 2.37. The molecule has 0 bridgehead atoms. The normalized spacial score (nSPS) is 22.9. The number of hydrogen-bond donors (Lipinski definition) is 2. The van der Waals surface area contributed by atoms with E-state index in [0.717, 1.165) is 38.2 Å². The van der Waals surface area contributed by atoms with Crippen LogP contribution in [0.3, 0.4) is 0 Å². The van der Waals surface area contributed by atoms with Gasteiger partial charge in [-0.25, -0.2) is 4.39 Å². The number of piperidine rings is 1. The van der Waals surface area contributed by atoms with Crippen molar-refractivity contribution < 1.29 is 18.8 Å². The number of anilines is 1. The molecule has 7 nitrogen and oxygen atoms in total. The number of nitrogens with two attached hydrogens (primary N) is 1. The first-order chi connectivity index (χ1) is 13.9. The van der Waals surface area contributed by atoms with Gasteiger partial charge in [0.2, 0.25) is 11.8 Å². The Labute approximate surface area is 170 Å². The minimum absolute atomic E-state index is 0.0755. The standard InChI is InChI=1S/C21H29FN4O3/c1-25-10-4-3-7-17(20(25)28)21(29)26-11-5-2-6-15(26)13-24-19(27)16-9-8-14(23)12-18(16)22/h8-9,12,15,17H,2-7,10-11,13,23H2,1H3,(H,24,27)/t15-,17?/m1/s1. The van der Waals surface area contributed by atoms with Crippen LogP contribution in [0.15, 0.2) is 18.2 Å². The second-order valence-corrected chi connectivity index (χ2v) is 7.94. The largest absolute Gasteiger partial charge is 0.399 e. The van der Waals surface area contributed by atoms with Crippen molar-refractivity contribution in [1.82, 2.24) is 15.1 Å². The fourth-order valence-corrected chi connectivity index (χ4v) is 4.15. The van der Waals surface area contributed by atoms with Gasteiger partial charge in [-0.05, 0) is 50.3 Å². The molecule has 2 saturated heterocycles. The summed E-state index contributed by atoms with van der Waals surface area (Å²) in [4.78, 5) is 41.5. The summed E-state index contributed by atoms with van der Waals surface area (Å²) in [7, 11) is 1.74. The number of nitrogen functional groups attached to an aromatic ring is 1. The summed E-state index contributed by atoms with van der Waals surface area (Å²) in [5.41, 5.74) is 5.70. The Bertz CT molecular complexity index is 785. The van der Waals surface area contributed by atoms with Crippen molar-refractivity contribution in [1.29, 1.82) is 0 Å². The Morgan fingerprint density at radius 2 is 1.90 bits per heavy atom. The van der Waals surface area contributed by atoms with Crippen molar-refractivity contribution in [2.45, 2.75) is 44.6 Å². The molecule has 0 saturated carbocycles. The van der Waals surface area contributed by atoms with Crippen LogP contribution in [0.1, 0.15) is 48.9 Å². The van der Waals surface area contributed by atoms with Gasteiger partial charge in [0.15, 0.2) is 0 Å². The molecule has 1 aromatic carbocycles. The topological polar surface area (TPSA) is 95.7 Å². The Kier molecular flexibility index (Phi) is 6.71. The van der Waals surface area contributed by atoms with E-state index in [1.54, 1.807) is 16.8 Å². The molecule has 2 aliphatic heterocycles. The average Bonchev–Trinajstić information content (AvgIpc) is 2.87. The molecule has 0 aliphatic carbocycles. The molecule has 8 heteroatoms. The molecule has 2 heterocycles.